The van der Waals surface area contributed by atoms with Crippen molar-refractivity contribution in [3.8, 4) is 0 Å². The van der Waals surface area contributed by atoms with E-state index in [-0.39, 0.29) is 0 Å². The second-order valence-electron chi connectivity index (χ2n) is 6.07. The van der Waals surface area contributed by atoms with E-state index in [0.717, 1.165) is 19.3 Å². The minimum absolute atomic E-state index is 0.434. The van der Waals surface area contributed by atoms with E-state index in [1.54, 1.807) is 0 Å². The summed E-state index contributed by atoms with van der Waals surface area (Å²) in [5, 5.41) is 9.32. The first-order valence-electron chi connectivity index (χ1n) is 7.72. The molecule has 2 fully saturated rings. The molecule has 2 N–H and O–H groups in total. The Morgan fingerprint density at radius 1 is 1.10 bits per heavy atom. The van der Waals surface area contributed by atoms with Crippen LogP contribution in [-0.2, 0) is 19.6 Å². The van der Waals surface area contributed by atoms with Gasteiger partial charge in [-0.3, -0.25) is 4.79 Å². The van der Waals surface area contributed by atoms with E-state index in [4.69, 9.17) is 4.74 Å². The van der Waals surface area contributed by atoms with Crippen LogP contribution < -0.4 is 4.72 Å². The van der Waals surface area contributed by atoms with Crippen LogP contribution in [0.4, 0.5) is 0 Å². The number of aliphatic hydroxyl groups excluding tert-OH is 1. The van der Waals surface area contributed by atoms with Crippen molar-refractivity contribution in [2.75, 3.05) is 7.11 Å². The predicted molar refractivity (Wildman–Crippen MR) is 78.1 cm³/mol. The van der Waals surface area contributed by atoms with Gasteiger partial charge in [0.25, 0.3) is 0 Å². The number of nitrogens with one attached hydrogen (secondary N) is 1. The van der Waals surface area contributed by atoms with Crippen molar-refractivity contribution in [2.24, 2.45) is 5.92 Å². The van der Waals surface area contributed by atoms with Gasteiger partial charge in [-0.05, 0) is 25.7 Å². The zero-order chi connectivity index (χ0) is 15.5. The van der Waals surface area contributed by atoms with E-state index in [2.05, 4.69) is 4.72 Å². The van der Waals surface area contributed by atoms with Crippen molar-refractivity contribution < 1.29 is 23.1 Å². The van der Waals surface area contributed by atoms with Gasteiger partial charge in [-0.1, -0.05) is 25.7 Å². The molecule has 0 aromatic carbocycles. The van der Waals surface area contributed by atoms with Gasteiger partial charge in [-0.15, -0.1) is 0 Å². The van der Waals surface area contributed by atoms with E-state index < -0.39 is 39.3 Å². The van der Waals surface area contributed by atoms with Gasteiger partial charge >= 0.3 is 5.97 Å². The van der Waals surface area contributed by atoms with Crippen molar-refractivity contribution in [2.45, 2.75) is 68.8 Å². The highest BCUT2D eigenvalue weighted by molar-refractivity contribution is 7.90. The highest BCUT2D eigenvalue weighted by Crippen LogP contribution is 2.32. The van der Waals surface area contributed by atoms with Crippen molar-refractivity contribution in [3.05, 3.63) is 0 Å². The normalized spacial score (nSPS) is 34.4. The first-order valence-corrected chi connectivity index (χ1v) is 9.27. The molecule has 2 rings (SSSR count). The van der Waals surface area contributed by atoms with Crippen LogP contribution in [0.5, 0.6) is 0 Å². The SMILES string of the molecule is COC(=O)C1CCCC1S(=O)(=O)NC1CCCCCC1O. The summed E-state index contributed by atoms with van der Waals surface area (Å²) < 4.78 is 32.5. The largest absolute Gasteiger partial charge is 0.469 e. The van der Waals surface area contributed by atoms with E-state index in [1.165, 1.54) is 7.11 Å². The lowest BCUT2D eigenvalue weighted by Gasteiger charge is -2.25. The maximum atomic E-state index is 12.6. The van der Waals surface area contributed by atoms with Gasteiger partial charge in [0.05, 0.1) is 24.4 Å². The summed E-state index contributed by atoms with van der Waals surface area (Å²) in [7, 11) is -2.34. The lowest BCUT2D eigenvalue weighted by Crippen LogP contribution is -2.48. The molecule has 4 unspecified atom stereocenters. The van der Waals surface area contributed by atoms with Crippen LogP contribution in [0, 0.1) is 5.92 Å². The Labute approximate surface area is 126 Å². The minimum Gasteiger partial charge on any atom is -0.469 e. The van der Waals surface area contributed by atoms with Gasteiger partial charge in [-0.25, -0.2) is 13.1 Å². The van der Waals surface area contributed by atoms with Crippen LogP contribution in [0.1, 0.15) is 51.4 Å². The fraction of sp³-hybridized carbons (Fsp3) is 0.929. The van der Waals surface area contributed by atoms with Crippen molar-refractivity contribution in [1.82, 2.24) is 4.72 Å². The average Bonchev–Trinajstić information content (AvgIpc) is 2.87. The average molecular weight is 319 g/mol. The number of aliphatic hydroxyl groups is 1. The first kappa shape index (κ1) is 16.7. The molecular weight excluding hydrogens is 294 g/mol. The standard InChI is InChI=1S/C14H25NO5S/c1-20-14(17)10-6-5-9-13(10)21(18,19)15-11-7-3-2-4-8-12(11)16/h10-13,15-16H,2-9H2,1H3. The number of ether oxygens (including phenoxy) is 1. The summed E-state index contributed by atoms with van der Waals surface area (Å²) in [5.74, 6) is -1.04. The van der Waals surface area contributed by atoms with Crippen LogP contribution in [0.25, 0.3) is 0 Å². The molecule has 21 heavy (non-hydrogen) atoms. The monoisotopic (exact) mass is 319 g/mol. The third-order valence-electron chi connectivity index (χ3n) is 4.65. The van der Waals surface area contributed by atoms with Crippen LogP contribution in [-0.4, -0.2) is 44.0 Å². The molecule has 6 nitrogen and oxygen atoms in total. The highest BCUT2D eigenvalue weighted by atomic mass is 32.2. The molecule has 2 aliphatic rings. The molecular formula is C14H25NO5S. The maximum Gasteiger partial charge on any atom is 0.310 e. The molecule has 2 aliphatic carbocycles. The number of methoxy groups -OCH3 is 1. The summed E-state index contributed by atoms with van der Waals surface area (Å²) >= 11 is 0. The smallest absolute Gasteiger partial charge is 0.310 e. The number of carbonyl (C=O) groups is 1. The third-order valence-corrected chi connectivity index (χ3v) is 6.64. The van der Waals surface area contributed by atoms with Gasteiger partial charge in [0, 0.05) is 6.04 Å². The molecule has 4 atom stereocenters. The zero-order valence-electron chi connectivity index (χ0n) is 12.5. The summed E-state index contributed by atoms with van der Waals surface area (Å²) in [6.07, 6.45) is 5.21. The van der Waals surface area contributed by atoms with Gasteiger partial charge in [0.1, 0.15) is 0 Å². The Morgan fingerprint density at radius 3 is 2.52 bits per heavy atom. The molecule has 7 heteroatoms. The Balaban J connectivity index is 2.08. The van der Waals surface area contributed by atoms with Gasteiger partial charge in [0.2, 0.25) is 10.0 Å². The maximum absolute atomic E-state index is 12.6. The van der Waals surface area contributed by atoms with Gasteiger partial charge in [-0.2, -0.15) is 0 Å². The molecule has 2 saturated carbocycles. The minimum atomic E-state index is -3.62. The zero-order valence-corrected chi connectivity index (χ0v) is 13.3. The summed E-state index contributed by atoms with van der Waals surface area (Å²) in [4.78, 5) is 11.7. The van der Waals surface area contributed by atoms with Crippen LogP contribution in [0.2, 0.25) is 0 Å². The van der Waals surface area contributed by atoms with Crippen molar-refractivity contribution in [3.63, 3.8) is 0 Å². The number of esters is 1. The molecule has 0 radical (unpaired) electrons. The van der Waals surface area contributed by atoms with E-state index in [0.29, 0.717) is 32.1 Å². The Morgan fingerprint density at radius 2 is 1.81 bits per heavy atom. The molecule has 0 aromatic heterocycles. The molecule has 0 spiro atoms. The Kier molecular flexibility index (Phi) is 5.62. The van der Waals surface area contributed by atoms with Crippen LogP contribution in [0.15, 0.2) is 0 Å². The van der Waals surface area contributed by atoms with Crippen molar-refractivity contribution >= 4 is 16.0 Å². The van der Waals surface area contributed by atoms with Gasteiger partial charge < -0.3 is 9.84 Å². The summed E-state index contributed by atoms with van der Waals surface area (Å²) in [6.45, 7) is 0. The van der Waals surface area contributed by atoms with E-state index >= 15 is 0 Å². The highest BCUT2D eigenvalue weighted by Gasteiger charge is 2.43. The van der Waals surface area contributed by atoms with Crippen LogP contribution >= 0.6 is 0 Å². The lowest BCUT2D eigenvalue weighted by atomic mass is 10.1. The molecule has 0 saturated heterocycles. The fourth-order valence-electron chi connectivity index (χ4n) is 3.44. The van der Waals surface area contributed by atoms with Gasteiger partial charge in [0.15, 0.2) is 0 Å². The summed E-state index contributed by atoms with van der Waals surface area (Å²) in [5.41, 5.74) is 0. The molecule has 0 bridgehead atoms. The van der Waals surface area contributed by atoms with E-state index in [9.17, 15) is 18.3 Å². The number of sulfonamides is 1. The molecule has 0 aromatic rings. The Bertz CT molecular complexity index is 464. The fourth-order valence-corrected chi connectivity index (χ4v) is 5.47. The van der Waals surface area contributed by atoms with E-state index in [1.807, 2.05) is 0 Å². The van der Waals surface area contributed by atoms with Crippen LogP contribution in [0.3, 0.4) is 0 Å². The number of hydrogen-bond acceptors (Lipinski definition) is 5. The number of carbonyl (C=O) groups excluding carboxylic acids is 1. The molecule has 0 aliphatic heterocycles. The second kappa shape index (κ2) is 7.07. The molecule has 0 heterocycles. The third kappa shape index (κ3) is 3.96. The quantitative estimate of drug-likeness (QED) is 0.594. The molecule has 122 valence electrons. The number of rotatable bonds is 4. The Hall–Kier alpha value is -0.660. The first-order chi connectivity index (χ1) is 9.95. The molecule has 0 amide bonds. The van der Waals surface area contributed by atoms with Crippen molar-refractivity contribution in [1.29, 1.82) is 0 Å². The number of hydrogen-bond donors (Lipinski definition) is 2. The second-order valence-corrected chi connectivity index (χ2v) is 8.00. The summed E-state index contributed by atoms with van der Waals surface area (Å²) in [6, 6.07) is -0.434. The predicted octanol–water partition coefficient (Wildman–Crippen LogP) is 0.941. The lowest BCUT2D eigenvalue weighted by molar-refractivity contribution is -0.145. The topological polar surface area (TPSA) is 92.7 Å².